The van der Waals surface area contributed by atoms with Crippen molar-refractivity contribution in [2.24, 2.45) is 0 Å². The SMILES string of the molecule is CN(Cc1nc2ccc(F)cc2[nH]1)C(=O)CC[C@H]1CCCCN1C. The number of aromatic nitrogens is 2. The number of hydrogen-bond donors (Lipinski definition) is 1. The number of nitrogens with zero attached hydrogens (tertiary/aromatic N) is 3. The van der Waals surface area contributed by atoms with Crippen molar-refractivity contribution in [2.75, 3.05) is 20.6 Å². The smallest absolute Gasteiger partial charge is 0.222 e. The first-order valence-corrected chi connectivity index (χ1v) is 8.61. The fraction of sp³-hybridized carbons (Fsp3) is 0.556. The number of imidazole rings is 1. The lowest BCUT2D eigenvalue weighted by Gasteiger charge is -2.32. The first kappa shape index (κ1) is 16.9. The molecule has 1 N–H and O–H groups in total. The van der Waals surface area contributed by atoms with Crippen molar-refractivity contribution in [3.8, 4) is 0 Å². The predicted octanol–water partition coefficient (Wildman–Crippen LogP) is 2.92. The highest BCUT2D eigenvalue weighted by Crippen LogP contribution is 2.20. The number of nitrogens with one attached hydrogen (secondary N) is 1. The second-order valence-corrected chi connectivity index (χ2v) is 6.76. The Morgan fingerprint density at radius 2 is 2.29 bits per heavy atom. The first-order chi connectivity index (χ1) is 11.5. The number of amides is 1. The summed E-state index contributed by atoms with van der Waals surface area (Å²) in [4.78, 5) is 23.9. The molecule has 24 heavy (non-hydrogen) atoms. The van der Waals surface area contributed by atoms with E-state index in [-0.39, 0.29) is 11.7 Å². The molecule has 5 nitrogen and oxygen atoms in total. The molecule has 1 fully saturated rings. The fourth-order valence-electron chi connectivity index (χ4n) is 3.41. The average molecular weight is 332 g/mol. The van der Waals surface area contributed by atoms with Crippen molar-refractivity contribution in [3.05, 3.63) is 29.8 Å². The van der Waals surface area contributed by atoms with E-state index in [0.717, 1.165) is 18.5 Å². The fourth-order valence-corrected chi connectivity index (χ4v) is 3.41. The number of aromatic amines is 1. The molecule has 0 spiro atoms. The number of fused-ring (bicyclic) bond motifs is 1. The molecule has 1 atom stereocenters. The van der Waals surface area contributed by atoms with Gasteiger partial charge in [-0.05, 0) is 51.1 Å². The van der Waals surface area contributed by atoms with E-state index < -0.39 is 0 Å². The zero-order valence-electron chi connectivity index (χ0n) is 14.4. The van der Waals surface area contributed by atoms with Gasteiger partial charge in [-0.1, -0.05) is 6.42 Å². The van der Waals surface area contributed by atoms with Crippen LogP contribution in [-0.4, -0.2) is 52.4 Å². The van der Waals surface area contributed by atoms with Gasteiger partial charge in [0.1, 0.15) is 11.6 Å². The zero-order valence-corrected chi connectivity index (χ0v) is 14.4. The van der Waals surface area contributed by atoms with Gasteiger partial charge in [-0.25, -0.2) is 9.37 Å². The summed E-state index contributed by atoms with van der Waals surface area (Å²) in [6.45, 7) is 1.54. The summed E-state index contributed by atoms with van der Waals surface area (Å²) in [6.07, 6.45) is 5.16. The van der Waals surface area contributed by atoms with Crippen molar-refractivity contribution in [1.82, 2.24) is 19.8 Å². The van der Waals surface area contributed by atoms with Crippen LogP contribution in [0.25, 0.3) is 11.0 Å². The van der Waals surface area contributed by atoms with Crippen LogP contribution in [0.3, 0.4) is 0 Å². The highest BCUT2D eigenvalue weighted by atomic mass is 19.1. The molecule has 0 bridgehead atoms. The van der Waals surface area contributed by atoms with Gasteiger partial charge in [-0.3, -0.25) is 4.79 Å². The van der Waals surface area contributed by atoms with Crippen LogP contribution < -0.4 is 0 Å². The second-order valence-electron chi connectivity index (χ2n) is 6.76. The molecule has 1 aromatic heterocycles. The van der Waals surface area contributed by atoms with Gasteiger partial charge >= 0.3 is 0 Å². The van der Waals surface area contributed by atoms with Crippen LogP contribution in [0.5, 0.6) is 0 Å². The largest absolute Gasteiger partial charge is 0.340 e. The number of H-pyrrole nitrogens is 1. The van der Waals surface area contributed by atoms with E-state index in [1.165, 1.54) is 31.4 Å². The number of carbonyl (C=O) groups is 1. The summed E-state index contributed by atoms with van der Waals surface area (Å²) >= 11 is 0. The van der Waals surface area contributed by atoms with E-state index in [9.17, 15) is 9.18 Å². The molecule has 1 saturated heterocycles. The van der Waals surface area contributed by atoms with Gasteiger partial charge in [-0.2, -0.15) is 0 Å². The molecule has 0 aliphatic carbocycles. The minimum atomic E-state index is -0.293. The second kappa shape index (κ2) is 7.30. The Kier molecular flexibility index (Phi) is 5.14. The topological polar surface area (TPSA) is 52.2 Å². The van der Waals surface area contributed by atoms with Gasteiger partial charge in [0.2, 0.25) is 5.91 Å². The summed E-state index contributed by atoms with van der Waals surface area (Å²) in [5, 5.41) is 0. The molecule has 1 aliphatic heterocycles. The Labute approximate surface area is 141 Å². The lowest BCUT2D eigenvalue weighted by molar-refractivity contribution is -0.130. The summed E-state index contributed by atoms with van der Waals surface area (Å²) < 4.78 is 13.2. The summed E-state index contributed by atoms with van der Waals surface area (Å²) in [5.41, 5.74) is 1.38. The predicted molar refractivity (Wildman–Crippen MR) is 92.0 cm³/mol. The van der Waals surface area contributed by atoms with E-state index in [4.69, 9.17) is 0 Å². The molecule has 0 radical (unpaired) electrons. The molecule has 130 valence electrons. The summed E-state index contributed by atoms with van der Waals surface area (Å²) in [6, 6.07) is 4.98. The quantitative estimate of drug-likeness (QED) is 0.916. The number of hydrogen-bond acceptors (Lipinski definition) is 3. The monoisotopic (exact) mass is 332 g/mol. The molecule has 1 aromatic carbocycles. The van der Waals surface area contributed by atoms with Crippen LogP contribution in [0, 0.1) is 5.82 Å². The van der Waals surface area contributed by atoms with Crippen LogP contribution in [0.2, 0.25) is 0 Å². The Balaban J connectivity index is 1.54. The van der Waals surface area contributed by atoms with Gasteiger partial charge in [0, 0.05) is 19.5 Å². The van der Waals surface area contributed by atoms with E-state index >= 15 is 0 Å². The van der Waals surface area contributed by atoms with Crippen molar-refractivity contribution < 1.29 is 9.18 Å². The van der Waals surface area contributed by atoms with Gasteiger partial charge in [0.05, 0.1) is 17.6 Å². The molecule has 1 amide bonds. The average Bonchev–Trinajstić information content (AvgIpc) is 2.95. The third kappa shape index (κ3) is 3.93. The van der Waals surface area contributed by atoms with Gasteiger partial charge in [-0.15, -0.1) is 0 Å². The maximum absolute atomic E-state index is 13.2. The van der Waals surface area contributed by atoms with Gasteiger partial charge < -0.3 is 14.8 Å². The Hall–Kier alpha value is -1.95. The Morgan fingerprint density at radius 3 is 3.08 bits per heavy atom. The Morgan fingerprint density at radius 1 is 1.46 bits per heavy atom. The highest BCUT2D eigenvalue weighted by molar-refractivity contribution is 5.77. The van der Waals surface area contributed by atoms with Gasteiger partial charge in [0.15, 0.2) is 0 Å². The first-order valence-electron chi connectivity index (χ1n) is 8.61. The molecule has 2 heterocycles. The van der Waals surface area contributed by atoms with E-state index in [0.29, 0.717) is 30.3 Å². The van der Waals surface area contributed by atoms with Crippen LogP contribution in [0.15, 0.2) is 18.2 Å². The number of halogens is 1. The van der Waals surface area contributed by atoms with Crippen LogP contribution in [0.1, 0.15) is 37.9 Å². The Bertz CT molecular complexity index is 714. The molecular formula is C18H25FN4O. The minimum Gasteiger partial charge on any atom is -0.340 e. The van der Waals surface area contributed by atoms with E-state index in [1.54, 1.807) is 18.0 Å². The maximum Gasteiger partial charge on any atom is 0.222 e. The van der Waals surface area contributed by atoms with E-state index in [2.05, 4.69) is 21.9 Å². The number of benzene rings is 1. The maximum atomic E-state index is 13.2. The lowest BCUT2D eigenvalue weighted by atomic mass is 9.98. The normalized spacial score (nSPS) is 18.9. The third-order valence-corrected chi connectivity index (χ3v) is 4.92. The summed E-state index contributed by atoms with van der Waals surface area (Å²) in [5.74, 6) is 0.514. The van der Waals surface area contributed by atoms with Crippen LogP contribution >= 0.6 is 0 Å². The van der Waals surface area contributed by atoms with Crippen molar-refractivity contribution in [3.63, 3.8) is 0 Å². The molecule has 0 unspecified atom stereocenters. The molecule has 2 aromatic rings. The van der Waals surface area contributed by atoms with Crippen molar-refractivity contribution >= 4 is 16.9 Å². The zero-order chi connectivity index (χ0) is 17.1. The van der Waals surface area contributed by atoms with Crippen LogP contribution in [0.4, 0.5) is 4.39 Å². The number of piperidine rings is 1. The minimum absolute atomic E-state index is 0.126. The number of rotatable bonds is 5. The molecular weight excluding hydrogens is 307 g/mol. The highest BCUT2D eigenvalue weighted by Gasteiger charge is 2.21. The standard InChI is InChI=1S/C18H25FN4O/c1-22-10-4-3-5-14(22)7-9-18(24)23(2)12-17-20-15-8-6-13(19)11-16(15)21-17/h6,8,11,14H,3-5,7,9-10,12H2,1-2H3,(H,20,21)/t14-/m1/s1. The number of likely N-dealkylation sites (tertiary alicyclic amines) is 1. The molecule has 3 rings (SSSR count). The van der Waals surface area contributed by atoms with Crippen molar-refractivity contribution in [2.45, 2.75) is 44.7 Å². The van der Waals surface area contributed by atoms with Crippen LogP contribution in [-0.2, 0) is 11.3 Å². The summed E-state index contributed by atoms with van der Waals surface area (Å²) in [7, 11) is 3.94. The van der Waals surface area contributed by atoms with Crippen molar-refractivity contribution in [1.29, 1.82) is 0 Å². The lowest BCUT2D eigenvalue weighted by Crippen LogP contribution is -2.37. The van der Waals surface area contributed by atoms with Gasteiger partial charge in [0.25, 0.3) is 0 Å². The van der Waals surface area contributed by atoms with E-state index in [1.807, 2.05) is 0 Å². The third-order valence-electron chi connectivity index (χ3n) is 4.92. The molecule has 0 saturated carbocycles. The molecule has 6 heteroatoms. The molecule has 1 aliphatic rings. The number of carbonyl (C=O) groups excluding carboxylic acids is 1.